The highest BCUT2D eigenvalue weighted by atomic mass is 32.2. The first kappa shape index (κ1) is 18.8. The van der Waals surface area contributed by atoms with Gasteiger partial charge in [0.25, 0.3) is 10.1 Å². The van der Waals surface area contributed by atoms with Crippen LogP contribution in [-0.2, 0) is 21.5 Å². The van der Waals surface area contributed by atoms with Gasteiger partial charge in [0.1, 0.15) is 24.2 Å². The number of ether oxygens (including phenoxy) is 2. The van der Waals surface area contributed by atoms with E-state index in [2.05, 4.69) is 5.32 Å². The number of alkyl carbamates (subject to hydrolysis) is 1. The highest BCUT2D eigenvalue weighted by Gasteiger charge is 2.25. The maximum Gasteiger partial charge on any atom is 0.407 e. The third-order valence-electron chi connectivity index (χ3n) is 3.29. The number of amides is 1. The zero-order valence-corrected chi connectivity index (χ0v) is 14.2. The number of carbonyl (C=O) groups excluding carboxylic acids is 1. The maximum atomic E-state index is 11.7. The van der Waals surface area contributed by atoms with E-state index in [4.69, 9.17) is 9.47 Å². The van der Waals surface area contributed by atoms with Gasteiger partial charge >= 0.3 is 6.09 Å². The fraction of sp³-hybridized carbons (Fsp3) is 0.235. The molecule has 2 aromatic carbocycles. The molecule has 2 N–H and O–H groups in total. The Labute approximate surface area is 146 Å². The van der Waals surface area contributed by atoms with Crippen LogP contribution in [0.15, 0.2) is 60.7 Å². The Bertz CT molecular complexity index is 764. The van der Waals surface area contributed by atoms with Crippen LogP contribution in [0.1, 0.15) is 5.56 Å². The normalized spacial score (nSPS) is 12.2. The summed E-state index contributed by atoms with van der Waals surface area (Å²) in [6, 6.07) is 17.6. The highest BCUT2D eigenvalue weighted by molar-refractivity contribution is 7.86. The van der Waals surface area contributed by atoms with Gasteiger partial charge in [-0.2, -0.15) is 8.42 Å². The van der Waals surface area contributed by atoms with E-state index in [9.17, 15) is 17.8 Å². The Morgan fingerprint density at radius 1 is 1.04 bits per heavy atom. The minimum absolute atomic E-state index is 0.0593. The van der Waals surface area contributed by atoms with Crippen molar-refractivity contribution in [2.45, 2.75) is 11.9 Å². The molecule has 0 aliphatic carbocycles. The van der Waals surface area contributed by atoms with Gasteiger partial charge in [0.15, 0.2) is 0 Å². The Kier molecular flexibility index (Phi) is 6.79. The van der Waals surface area contributed by atoms with Gasteiger partial charge in [0, 0.05) is 6.54 Å². The number of carbonyl (C=O) groups is 1. The van der Waals surface area contributed by atoms with Crippen molar-refractivity contribution in [2.75, 3.05) is 13.2 Å². The van der Waals surface area contributed by atoms with Crippen molar-refractivity contribution in [3.8, 4) is 5.75 Å². The van der Waals surface area contributed by atoms with Gasteiger partial charge in [-0.1, -0.05) is 48.5 Å². The van der Waals surface area contributed by atoms with E-state index in [1.165, 1.54) is 0 Å². The minimum atomic E-state index is -4.39. The molecule has 0 heterocycles. The van der Waals surface area contributed by atoms with E-state index < -0.39 is 21.5 Å². The molecule has 25 heavy (non-hydrogen) atoms. The highest BCUT2D eigenvalue weighted by Crippen LogP contribution is 2.10. The van der Waals surface area contributed by atoms with Crippen LogP contribution < -0.4 is 10.1 Å². The summed E-state index contributed by atoms with van der Waals surface area (Å²) >= 11 is 0. The lowest BCUT2D eigenvalue weighted by Crippen LogP contribution is -2.40. The molecule has 1 amide bonds. The molecule has 2 aromatic rings. The van der Waals surface area contributed by atoms with Gasteiger partial charge in [-0.15, -0.1) is 0 Å². The summed E-state index contributed by atoms with van der Waals surface area (Å²) in [6.07, 6.45) is -0.780. The standard InChI is InChI=1S/C17H19NO6S/c19-17(24-12-14-7-3-1-4-8-14)18-11-16(25(20,21)22)13-23-15-9-5-2-6-10-15/h1-10,16H,11-13H2,(H,18,19)(H,20,21,22). The molecule has 134 valence electrons. The Morgan fingerprint density at radius 3 is 2.24 bits per heavy atom. The molecule has 0 aliphatic rings. The quantitative estimate of drug-likeness (QED) is 0.696. The predicted octanol–water partition coefficient (Wildman–Crippen LogP) is 2.25. The molecule has 2 rings (SSSR count). The van der Waals surface area contributed by atoms with Crippen molar-refractivity contribution >= 4 is 16.2 Å². The van der Waals surface area contributed by atoms with Crippen LogP contribution in [0.3, 0.4) is 0 Å². The second-order valence-electron chi connectivity index (χ2n) is 5.20. The van der Waals surface area contributed by atoms with E-state index in [1.54, 1.807) is 42.5 Å². The summed E-state index contributed by atoms with van der Waals surface area (Å²) in [7, 11) is -4.39. The first-order chi connectivity index (χ1) is 11.9. The Morgan fingerprint density at radius 2 is 1.64 bits per heavy atom. The van der Waals surface area contributed by atoms with Crippen LogP contribution >= 0.6 is 0 Å². The number of benzene rings is 2. The number of nitrogens with one attached hydrogen (secondary N) is 1. The largest absolute Gasteiger partial charge is 0.492 e. The lowest BCUT2D eigenvalue weighted by atomic mass is 10.2. The molecule has 1 unspecified atom stereocenters. The average Bonchev–Trinajstić information content (AvgIpc) is 2.60. The van der Waals surface area contributed by atoms with E-state index >= 15 is 0 Å². The molecule has 1 atom stereocenters. The molecule has 0 aliphatic heterocycles. The first-order valence-corrected chi connectivity index (χ1v) is 9.04. The van der Waals surface area contributed by atoms with Crippen molar-refractivity contribution in [3.05, 3.63) is 66.2 Å². The lowest BCUT2D eigenvalue weighted by Gasteiger charge is -2.16. The van der Waals surface area contributed by atoms with Crippen LogP contribution in [0.5, 0.6) is 5.75 Å². The fourth-order valence-corrected chi connectivity index (χ4v) is 2.46. The molecule has 0 radical (unpaired) electrons. The van der Waals surface area contributed by atoms with Crippen LogP contribution in [0.25, 0.3) is 0 Å². The van der Waals surface area contributed by atoms with E-state index in [-0.39, 0.29) is 19.8 Å². The van der Waals surface area contributed by atoms with Gasteiger partial charge in [0.05, 0.1) is 0 Å². The molecule has 0 bridgehead atoms. The second-order valence-corrected chi connectivity index (χ2v) is 6.90. The number of rotatable bonds is 8. The topological polar surface area (TPSA) is 102 Å². The van der Waals surface area contributed by atoms with E-state index in [0.29, 0.717) is 5.75 Å². The second kappa shape index (κ2) is 9.05. The van der Waals surface area contributed by atoms with E-state index in [1.807, 2.05) is 18.2 Å². The molecular weight excluding hydrogens is 346 g/mol. The van der Waals surface area contributed by atoms with Crippen LogP contribution in [0, 0.1) is 0 Å². The Balaban J connectivity index is 1.82. The van der Waals surface area contributed by atoms with Crippen LogP contribution in [0.4, 0.5) is 4.79 Å². The van der Waals surface area contributed by atoms with Gasteiger partial charge in [-0.3, -0.25) is 4.55 Å². The SMILES string of the molecule is O=C(NCC(COc1ccccc1)S(=O)(=O)O)OCc1ccccc1. The van der Waals surface area contributed by atoms with Gasteiger partial charge in [-0.05, 0) is 17.7 Å². The van der Waals surface area contributed by atoms with Gasteiger partial charge in [-0.25, -0.2) is 4.79 Å². The number of hydrogen-bond acceptors (Lipinski definition) is 5. The van der Waals surface area contributed by atoms with Crippen molar-refractivity contribution in [1.29, 1.82) is 0 Å². The molecule has 0 spiro atoms. The summed E-state index contributed by atoms with van der Waals surface area (Å²) in [5.41, 5.74) is 0.802. The van der Waals surface area contributed by atoms with Crippen LogP contribution in [0.2, 0.25) is 0 Å². The lowest BCUT2D eigenvalue weighted by molar-refractivity contribution is 0.139. The predicted molar refractivity (Wildman–Crippen MR) is 91.9 cm³/mol. The van der Waals surface area contributed by atoms with Gasteiger partial charge < -0.3 is 14.8 Å². The van der Waals surface area contributed by atoms with Crippen molar-refractivity contribution < 1.29 is 27.2 Å². The minimum Gasteiger partial charge on any atom is -0.492 e. The smallest absolute Gasteiger partial charge is 0.407 e. The van der Waals surface area contributed by atoms with Gasteiger partial charge in [0.2, 0.25) is 0 Å². The average molecular weight is 365 g/mol. The Hall–Kier alpha value is -2.58. The third kappa shape index (κ3) is 6.82. The van der Waals surface area contributed by atoms with Crippen molar-refractivity contribution in [1.82, 2.24) is 5.32 Å². The van der Waals surface area contributed by atoms with Crippen molar-refractivity contribution in [2.24, 2.45) is 0 Å². The summed E-state index contributed by atoms with van der Waals surface area (Å²) in [5.74, 6) is 0.461. The number of hydrogen-bond donors (Lipinski definition) is 2. The summed E-state index contributed by atoms with van der Waals surface area (Å²) in [6.45, 7) is -0.579. The summed E-state index contributed by atoms with van der Waals surface area (Å²) in [4.78, 5) is 11.7. The molecule has 0 fully saturated rings. The molecular formula is C17H19NO6S. The first-order valence-electron chi connectivity index (χ1n) is 7.54. The maximum absolute atomic E-state index is 11.7. The zero-order valence-electron chi connectivity index (χ0n) is 13.4. The monoisotopic (exact) mass is 365 g/mol. The summed E-state index contributed by atoms with van der Waals surface area (Å²) < 4.78 is 42.4. The van der Waals surface area contributed by atoms with Crippen LogP contribution in [-0.4, -0.2) is 37.5 Å². The molecule has 0 aromatic heterocycles. The molecule has 0 saturated carbocycles. The molecule has 0 saturated heterocycles. The number of para-hydroxylation sites is 1. The van der Waals surface area contributed by atoms with Crippen molar-refractivity contribution in [3.63, 3.8) is 0 Å². The molecule has 7 nitrogen and oxygen atoms in total. The zero-order chi connectivity index (χ0) is 18.1. The fourth-order valence-electron chi connectivity index (χ4n) is 1.93. The third-order valence-corrected chi connectivity index (χ3v) is 4.43. The van der Waals surface area contributed by atoms with E-state index in [0.717, 1.165) is 5.56 Å². The summed E-state index contributed by atoms with van der Waals surface area (Å²) in [5, 5.41) is 1.01. The molecule has 8 heteroatoms.